The highest BCUT2D eigenvalue weighted by Gasteiger charge is 2.21. The smallest absolute Gasteiger partial charge is 0.299 e. The third-order valence-corrected chi connectivity index (χ3v) is 2.74. The molecule has 0 saturated heterocycles. The molecule has 1 amide bonds. The fourth-order valence-electron chi connectivity index (χ4n) is 1.69. The third kappa shape index (κ3) is 3.20. The molecule has 0 radical (unpaired) electrons. The van der Waals surface area contributed by atoms with Crippen molar-refractivity contribution in [3.8, 4) is 0 Å². The summed E-state index contributed by atoms with van der Waals surface area (Å²) in [6.07, 6.45) is 0. The molecule has 112 valence electrons. The minimum atomic E-state index is -0.840. The van der Waals surface area contributed by atoms with Crippen molar-refractivity contribution < 1.29 is 19.0 Å². The van der Waals surface area contributed by atoms with E-state index in [2.05, 4.69) is 5.32 Å². The van der Waals surface area contributed by atoms with Crippen LogP contribution in [-0.2, 0) is 0 Å². The Bertz CT molecular complexity index is 761. The van der Waals surface area contributed by atoms with Crippen LogP contribution in [0.1, 0.15) is 10.4 Å². The Kier molecular flexibility index (Phi) is 4.07. The van der Waals surface area contributed by atoms with Crippen LogP contribution in [0.2, 0.25) is 0 Å². The molecule has 0 fully saturated rings. The highest BCUT2D eigenvalue weighted by atomic mass is 19.1. The number of nitrogens with one attached hydrogen (secondary N) is 1. The summed E-state index contributed by atoms with van der Waals surface area (Å²) in [5.74, 6) is -1.23. The van der Waals surface area contributed by atoms with Gasteiger partial charge < -0.3 is 5.32 Å². The summed E-state index contributed by atoms with van der Waals surface area (Å²) in [5, 5.41) is 23.8. The molecular formula is C13H8FN3O5. The second-order valence-electron chi connectivity index (χ2n) is 4.18. The number of non-ortho nitro benzene ring substituents is 1. The standard InChI is InChI=1S/C13H8FN3O5/c14-9-3-1-8(2-4-9)13(18)15-11-6-5-10(16(19)20)7-12(11)17(21)22/h1-7H,(H,15,18). The van der Waals surface area contributed by atoms with Gasteiger partial charge in [-0.05, 0) is 30.3 Å². The van der Waals surface area contributed by atoms with Gasteiger partial charge in [-0.25, -0.2) is 4.39 Å². The molecule has 0 heterocycles. The molecule has 8 nitrogen and oxygen atoms in total. The second kappa shape index (κ2) is 5.95. The van der Waals surface area contributed by atoms with Crippen molar-refractivity contribution in [2.75, 3.05) is 5.32 Å². The zero-order chi connectivity index (χ0) is 16.3. The van der Waals surface area contributed by atoms with Gasteiger partial charge in [0, 0.05) is 11.6 Å². The number of carbonyl (C=O) groups excluding carboxylic acids is 1. The normalized spacial score (nSPS) is 10.0. The molecule has 0 aliphatic rings. The van der Waals surface area contributed by atoms with Crippen LogP contribution in [0.25, 0.3) is 0 Å². The monoisotopic (exact) mass is 305 g/mol. The van der Waals surface area contributed by atoms with Crippen LogP contribution in [0.4, 0.5) is 21.5 Å². The van der Waals surface area contributed by atoms with Crippen molar-refractivity contribution in [1.29, 1.82) is 0 Å². The molecule has 0 atom stereocenters. The van der Waals surface area contributed by atoms with E-state index in [0.717, 1.165) is 30.3 Å². The van der Waals surface area contributed by atoms with Crippen LogP contribution >= 0.6 is 0 Å². The van der Waals surface area contributed by atoms with E-state index in [1.54, 1.807) is 0 Å². The minimum Gasteiger partial charge on any atom is -0.316 e. The average molecular weight is 305 g/mol. The van der Waals surface area contributed by atoms with E-state index in [1.807, 2.05) is 0 Å². The average Bonchev–Trinajstić information content (AvgIpc) is 2.47. The highest BCUT2D eigenvalue weighted by Crippen LogP contribution is 2.29. The molecule has 9 heteroatoms. The van der Waals surface area contributed by atoms with Crippen molar-refractivity contribution in [3.63, 3.8) is 0 Å². The zero-order valence-electron chi connectivity index (χ0n) is 10.9. The van der Waals surface area contributed by atoms with Crippen molar-refractivity contribution in [1.82, 2.24) is 0 Å². The molecule has 2 aromatic carbocycles. The lowest BCUT2D eigenvalue weighted by molar-refractivity contribution is -0.393. The van der Waals surface area contributed by atoms with Crippen LogP contribution in [0.5, 0.6) is 0 Å². The summed E-state index contributed by atoms with van der Waals surface area (Å²) in [6.45, 7) is 0. The van der Waals surface area contributed by atoms with Gasteiger partial charge in [0.05, 0.1) is 15.9 Å². The first-order chi connectivity index (χ1) is 10.4. The molecule has 2 aromatic rings. The molecule has 1 N–H and O–H groups in total. The minimum absolute atomic E-state index is 0.0917. The lowest BCUT2D eigenvalue weighted by atomic mass is 10.2. The topological polar surface area (TPSA) is 115 Å². The van der Waals surface area contributed by atoms with E-state index in [4.69, 9.17) is 0 Å². The number of nitro groups is 2. The van der Waals surface area contributed by atoms with Gasteiger partial charge in [-0.2, -0.15) is 0 Å². The largest absolute Gasteiger partial charge is 0.316 e. The molecule has 2 rings (SSSR count). The molecular weight excluding hydrogens is 297 g/mol. The Morgan fingerprint density at radius 2 is 1.64 bits per heavy atom. The summed E-state index contributed by atoms with van der Waals surface area (Å²) < 4.78 is 12.8. The van der Waals surface area contributed by atoms with Crippen molar-refractivity contribution in [2.45, 2.75) is 0 Å². The molecule has 0 spiro atoms. The molecule has 0 saturated carbocycles. The van der Waals surface area contributed by atoms with Crippen LogP contribution in [0, 0.1) is 26.0 Å². The summed E-state index contributed by atoms with van der Waals surface area (Å²) in [4.78, 5) is 31.9. The predicted molar refractivity (Wildman–Crippen MR) is 74.1 cm³/mol. The Morgan fingerprint density at radius 3 is 2.18 bits per heavy atom. The predicted octanol–water partition coefficient (Wildman–Crippen LogP) is 2.89. The van der Waals surface area contributed by atoms with Crippen molar-refractivity contribution in [3.05, 3.63) is 74.1 Å². The summed E-state index contributed by atoms with van der Waals surface area (Å²) >= 11 is 0. The van der Waals surface area contributed by atoms with E-state index in [0.29, 0.717) is 0 Å². The number of hydrogen-bond acceptors (Lipinski definition) is 5. The second-order valence-corrected chi connectivity index (χ2v) is 4.18. The first-order valence-electron chi connectivity index (χ1n) is 5.88. The fourth-order valence-corrected chi connectivity index (χ4v) is 1.69. The number of halogens is 1. The molecule has 22 heavy (non-hydrogen) atoms. The molecule has 0 aromatic heterocycles. The van der Waals surface area contributed by atoms with Crippen LogP contribution in [0.3, 0.4) is 0 Å². The van der Waals surface area contributed by atoms with Gasteiger partial charge >= 0.3 is 0 Å². The molecule has 0 aliphatic heterocycles. The summed E-state index contributed by atoms with van der Waals surface area (Å²) in [5.41, 5.74) is -1.17. The SMILES string of the molecule is O=C(Nc1ccc([N+](=O)[O-])cc1[N+](=O)[O-])c1ccc(F)cc1. The van der Waals surface area contributed by atoms with Crippen molar-refractivity contribution in [2.24, 2.45) is 0 Å². The first-order valence-corrected chi connectivity index (χ1v) is 5.88. The van der Waals surface area contributed by atoms with E-state index in [-0.39, 0.29) is 11.3 Å². The number of carbonyl (C=O) groups is 1. The van der Waals surface area contributed by atoms with Crippen LogP contribution in [0.15, 0.2) is 42.5 Å². The number of amides is 1. The van der Waals surface area contributed by atoms with Crippen molar-refractivity contribution >= 4 is 23.0 Å². The number of hydrogen-bond donors (Lipinski definition) is 1. The van der Waals surface area contributed by atoms with Crippen LogP contribution in [-0.4, -0.2) is 15.8 Å². The van der Waals surface area contributed by atoms with Gasteiger partial charge in [0.1, 0.15) is 11.5 Å². The number of nitrogens with zero attached hydrogens (tertiary/aromatic N) is 2. The first kappa shape index (κ1) is 15.0. The maximum atomic E-state index is 12.8. The fraction of sp³-hybridized carbons (Fsp3) is 0. The molecule has 0 unspecified atom stereocenters. The zero-order valence-corrected chi connectivity index (χ0v) is 10.9. The lowest BCUT2D eigenvalue weighted by Crippen LogP contribution is -2.13. The third-order valence-electron chi connectivity index (χ3n) is 2.74. The lowest BCUT2D eigenvalue weighted by Gasteiger charge is -2.06. The van der Waals surface area contributed by atoms with Gasteiger partial charge in [-0.3, -0.25) is 25.0 Å². The quantitative estimate of drug-likeness (QED) is 0.688. The number of rotatable bonds is 4. The van der Waals surface area contributed by atoms with E-state index < -0.39 is 32.9 Å². The summed E-state index contributed by atoms with van der Waals surface area (Å²) in [7, 11) is 0. The van der Waals surface area contributed by atoms with E-state index in [1.165, 1.54) is 12.1 Å². The van der Waals surface area contributed by atoms with E-state index in [9.17, 15) is 29.4 Å². The number of benzene rings is 2. The van der Waals surface area contributed by atoms with E-state index >= 15 is 0 Å². The Balaban J connectivity index is 2.32. The number of anilines is 1. The van der Waals surface area contributed by atoms with Gasteiger partial charge in [-0.1, -0.05) is 0 Å². The van der Waals surface area contributed by atoms with Gasteiger partial charge in [0.15, 0.2) is 0 Å². The van der Waals surface area contributed by atoms with Gasteiger partial charge in [0.25, 0.3) is 17.3 Å². The van der Waals surface area contributed by atoms with Crippen LogP contribution < -0.4 is 5.32 Å². The highest BCUT2D eigenvalue weighted by molar-refractivity contribution is 6.05. The molecule has 0 aliphatic carbocycles. The Labute approximate surface area is 122 Å². The Morgan fingerprint density at radius 1 is 1.00 bits per heavy atom. The summed E-state index contributed by atoms with van der Waals surface area (Å²) in [6, 6.07) is 7.41. The van der Waals surface area contributed by atoms with Gasteiger partial charge in [-0.15, -0.1) is 0 Å². The maximum Gasteiger partial charge on any atom is 0.299 e. The molecule has 0 bridgehead atoms. The number of nitro benzene ring substituents is 2. The van der Waals surface area contributed by atoms with Gasteiger partial charge in [0.2, 0.25) is 0 Å². The Hall–Kier alpha value is -3.36. The maximum absolute atomic E-state index is 12.8.